The van der Waals surface area contributed by atoms with E-state index in [9.17, 15) is 4.39 Å². The molecule has 0 spiro atoms. The number of imidazole rings is 1. The molecule has 116 valence electrons. The third-order valence-corrected chi connectivity index (χ3v) is 3.55. The predicted octanol–water partition coefficient (Wildman–Crippen LogP) is 3.56. The number of hydrogen-bond donors (Lipinski definition) is 0. The molecule has 1 aromatic heterocycles. The van der Waals surface area contributed by atoms with Crippen LogP contribution in [0, 0.1) is 5.82 Å². The molecule has 0 saturated carbocycles. The highest BCUT2D eigenvalue weighted by atomic mass is 35.5. The first-order valence-corrected chi connectivity index (χ1v) is 7.53. The lowest BCUT2D eigenvalue weighted by molar-refractivity contribution is 0.119. The van der Waals surface area contributed by atoms with Gasteiger partial charge in [-0.3, -0.25) is 0 Å². The number of ether oxygens (including phenoxy) is 2. The van der Waals surface area contributed by atoms with Gasteiger partial charge in [-0.15, -0.1) is 11.6 Å². The quantitative estimate of drug-likeness (QED) is 0.733. The van der Waals surface area contributed by atoms with Gasteiger partial charge in [0.15, 0.2) is 11.6 Å². The van der Waals surface area contributed by atoms with Crippen molar-refractivity contribution >= 4 is 22.6 Å². The maximum Gasteiger partial charge on any atom is 0.167 e. The van der Waals surface area contributed by atoms with Crippen LogP contribution in [0.1, 0.15) is 25.7 Å². The summed E-state index contributed by atoms with van der Waals surface area (Å²) < 4.78 is 26.4. The Balaban J connectivity index is 2.54. The Kier molecular flexibility index (Phi) is 5.42. The molecule has 1 unspecified atom stereocenters. The van der Waals surface area contributed by atoms with Crippen LogP contribution in [0.5, 0.6) is 5.75 Å². The molecular weight excluding hydrogens is 295 g/mol. The molecule has 6 heteroatoms. The number of benzene rings is 1. The monoisotopic (exact) mass is 314 g/mol. The lowest BCUT2D eigenvalue weighted by atomic mass is 10.2. The van der Waals surface area contributed by atoms with Crippen molar-refractivity contribution in [2.24, 2.45) is 0 Å². The third-order valence-electron chi connectivity index (χ3n) is 3.36. The number of fused-ring (bicyclic) bond motifs is 1. The number of hydrogen-bond acceptors (Lipinski definition) is 3. The highest BCUT2D eigenvalue weighted by molar-refractivity contribution is 6.17. The molecular formula is C15H20ClFN2O2. The topological polar surface area (TPSA) is 36.3 Å². The molecule has 0 saturated heterocycles. The van der Waals surface area contributed by atoms with Crippen LogP contribution < -0.4 is 4.74 Å². The maximum absolute atomic E-state index is 13.8. The van der Waals surface area contributed by atoms with E-state index in [1.54, 1.807) is 6.07 Å². The minimum atomic E-state index is -0.412. The zero-order chi connectivity index (χ0) is 15.4. The Bertz CT molecular complexity index is 615. The molecule has 2 rings (SSSR count). The standard InChI is InChI=1S/C15H20ClFN2O2/c1-4-21-9-10(2)19-13-8-14(20-3)11(17)7-12(13)18-15(19)5-6-16/h7-8,10H,4-6,9H2,1-3H3. The Morgan fingerprint density at radius 1 is 1.43 bits per heavy atom. The lowest BCUT2D eigenvalue weighted by Gasteiger charge is -2.17. The van der Waals surface area contributed by atoms with Crippen molar-refractivity contribution in [3.05, 3.63) is 23.8 Å². The van der Waals surface area contributed by atoms with Crippen LogP contribution in [-0.4, -0.2) is 35.8 Å². The summed E-state index contributed by atoms with van der Waals surface area (Å²) in [5, 5.41) is 0. The average Bonchev–Trinajstić information content (AvgIpc) is 2.81. The van der Waals surface area contributed by atoms with Crippen molar-refractivity contribution in [1.29, 1.82) is 0 Å². The molecule has 0 amide bonds. The summed E-state index contributed by atoms with van der Waals surface area (Å²) in [6, 6.07) is 3.16. The molecule has 0 radical (unpaired) electrons. The van der Waals surface area contributed by atoms with Gasteiger partial charge in [0.25, 0.3) is 0 Å². The van der Waals surface area contributed by atoms with E-state index in [0.717, 1.165) is 11.3 Å². The zero-order valence-corrected chi connectivity index (χ0v) is 13.3. The second-order valence-electron chi connectivity index (χ2n) is 4.82. The van der Waals surface area contributed by atoms with E-state index in [2.05, 4.69) is 9.55 Å². The van der Waals surface area contributed by atoms with Crippen molar-refractivity contribution < 1.29 is 13.9 Å². The van der Waals surface area contributed by atoms with E-state index < -0.39 is 5.82 Å². The van der Waals surface area contributed by atoms with Crippen molar-refractivity contribution in [3.8, 4) is 5.75 Å². The average molecular weight is 315 g/mol. The Hall–Kier alpha value is -1.33. The first-order valence-electron chi connectivity index (χ1n) is 7.00. The van der Waals surface area contributed by atoms with Crippen molar-refractivity contribution in [3.63, 3.8) is 0 Å². The number of methoxy groups -OCH3 is 1. The minimum Gasteiger partial charge on any atom is -0.494 e. The molecule has 0 fully saturated rings. The van der Waals surface area contributed by atoms with Gasteiger partial charge in [-0.1, -0.05) is 0 Å². The normalized spacial score (nSPS) is 12.8. The van der Waals surface area contributed by atoms with Crippen molar-refractivity contribution in [2.75, 3.05) is 26.2 Å². The van der Waals surface area contributed by atoms with Crippen LogP contribution >= 0.6 is 11.6 Å². The van der Waals surface area contributed by atoms with Gasteiger partial charge >= 0.3 is 0 Å². The molecule has 0 bridgehead atoms. The Morgan fingerprint density at radius 3 is 2.81 bits per heavy atom. The molecule has 2 aromatic rings. The smallest absolute Gasteiger partial charge is 0.167 e. The fourth-order valence-corrected chi connectivity index (χ4v) is 2.59. The molecule has 21 heavy (non-hydrogen) atoms. The fraction of sp³-hybridized carbons (Fsp3) is 0.533. The van der Waals surface area contributed by atoms with Gasteiger partial charge in [0.05, 0.1) is 30.8 Å². The fourth-order valence-electron chi connectivity index (χ4n) is 2.42. The Labute approximate surface area is 128 Å². The van der Waals surface area contributed by atoms with Crippen LogP contribution in [0.25, 0.3) is 11.0 Å². The summed E-state index contributed by atoms with van der Waals surface area (Å²) in [5.41, 5.74) is 1.44. The molecule has 0 aliphatic heterocycles. The molecule has 0 aliphatic carbocycles. The van der Waals surface area contributed by atoms with Crippen LogP contribution in [-0.2, 0) is 11.2 Å². The number of halogens is 2. The molecule has 0 aliphatic rings. The summed E-state index contributed by atoms with van der Waals surface area (Å²) in [6.45, 7) is 5.22. The lowest BCUT2D eigenvalue weighted by Crippen LogP contribution is -2.15. The minimum absolute atomic E-state index is 0.0864. The maximum atomic E-state index is 13.8. The van der Waals surface area contributed by atoms with E-state index in [1.165, 1.54) is 13.2 Å². The summed E-state index contributed by atoms with van der Waals surface area (Å²) in [5.74, 6) is 1.10. The number of aromatic nitrogens is 2. The number of nitrogens with zero attached hydrogens (tertiary/aromatic N) is 2. The number of alkyl halides is 1. The highest BCUT2D eigenvalue weighted by Gasteiger charge is 2.18. The number of aryl methyl sites for hydroxylation is 1. The van der Waals surface area contributed by atoms with E-state index in [-0.39, 0.29) is 11.8 Å². The first kappa shape index (κ1) is 16.0. The van der Waals surface area contributed by atoms with Crippen LogP contribution in [0.2, 0.25) is 0 Å². The van der Waals surface area contributed by atoms with Crippen LogP contribution in [0.4, 0.5) is 4.39 Å². The Morgan fingerprint density at radius 2 is 2.19 bits per heavy atom. The third kappa shape index (κ3) is 3.30. The van der Waals surface area contributed by atoms with Gasteiger partial charge < -0.3 is 14.0 Å². The highest BCUT2D eigenvalue weighted by Crippen LogP contribution is 2.28. The summed E-state index contributed by atoms with van der Waals surface area (Å²) in [6.07, 6.45) is 0.622. The molecule has 0 N–H and O–H groups in total. The predicted molar refractivity (Wildman–Crippen MR) is 81.9 cm³/mol. The largest absolute Gasteiger partial charge is 0.494 e. The summed E-state index contributed by atoms with van der Waals surface area (Å²) in [7, 11) is 1.45. The molecule has 1 aromatic carbocycles. The number of rotatable bonds is 7. The van der Waals surface area contributed by atoms with Gasteiger partial charge in [0.1, 0.15) is 5.82 Å². The van der Waals surface area contributed by atoms with Gasteiger partial charge in [0, 0.05) is 31.0 Å². The van der Waals surface area contributed by atoms with E-state index >= 15 is 0 Å². The SMILES string of the molecule is CCOCC(C)n1c(CCCl)nc2cc(F)c(OC)cc21. The van der Waals surface area contributed by atoms with E-state index in [0.29, 0.717) is 31.0 Å². The first-order chi connectivity index (χ1) is 10.1. The summed E-state index contributed by atoms with van der Waals surface area (Å²) >= 11 is 5.85. The van der Waals surface area contributed by atoms with Gasteiger partial charge in [-0.25, -0.2) is 9.37 Å². The van der Waals surface area contributed by atoms with Gasteiger partial charge in [0.2, 0.25) is 0 Å². The molecule has 1 heterocycles. The second-order valence-corrected chi connectivity index (χ2v) is 5.20. The summed E-state index contributed by atoms with van der Waals surface area (Å²) in [4.78, 5) is 4.50. The van der Waals surface area contributed by atoms with Crippen molar-refractivity contribution in [1.82, 2.24) is 9.55 Å². The van der Waals surface area contributed by atoms with Gasteiger partial charge in [-0.2, -0.15) is 0 Å². The van der Waals surface area contributed by atoms with Crippen LogP contribution in [0.15, 0.2) is 12.1 Å². The second kappa shape index (κ2) is 7.09. The molecule has 4 nitrogen and oxygen atoms in total. The van der Waals surface area contributed by atoms with E-state index in [1.807, 2.05) is 13.8 Å². The van der Waals surface area contributed by atoms with Gasteiger partial charge in [-0.05, 0) is 13.8 Å². The molecule has 1 atom stereocenters. The van der Waals surface area contributed by atoms with E-state index in [4.69, 9.17) is 21.1 Å². The van der Waals surface area contributed by atoms with Crippen molar-refractivity contribution in [2.45, 2.75) is 26.3 Å². The van der Waals surface area contributed by atoms with Crippen LogP contribution in [0.3, 0.4) is 0 Å². The zero-order valence-electron chi connectivity index (χ0n) is 12.5.